The van der Waals surface area contributed by atoms with Crippen LogP contribution < -0.4 is 5.32 Å². The quantitative estimate of drug-likeness (QED) is 0.672. The number of hydrogen-bond acceptors (Lipinski definition) is 2. The molecule has 2 atom stereocenters. The topological polar surface area (TPSA) is 49.3 Å². The van der Waals surface area contributed by atoms with Crippen molar-refractivity contribution in [3.8, 4) is 0 Å². The molecule has 0 heterocycles. The van der Waals surface area contributed by atoms with Crippen LogP contribution in [0.3, 0.4) is 0 Å². The number of aliphatic hydroxyl groups excluding tert-OH is 1. The second kappa shape index (κ2) is 8.63. The van der Waals surface area contributed by atoms with Crippen molar-refractivity contribution in [2.75, 3.05) is 13.2 Å². The Morgan fingerprint density at radius 1 is 0.923 bits per heavy atom. The molecular weight excluding hydrogens is 322 g/mol. The van der Waals surface area contributed by atoms with E-state index in [0.717, 1.165) is 16.5 Å². The SMILES string of the molecule is CC(C(=O)NCC(CCO)c1ccccc1)c1ccc2ccccc2c1. The summed E-state index contributed by atoms with van der Waals surface area (Å²) in [4.78, 5) is 12.6. The number of carbonyl (C=O) groups is 1. The molecule has 0 aliphatic carbocycles. The number of nitrogens with one attached hydrogen (secondary N) is 1. The Labute approximate surface area is 154 Å². The molecule has 0 aliphatic rings. The van der Waals surface area contributed by atoms with E-state index in [1.807, 2.05) is 55.5 Å². The minimum absolute atomic E-state index is 0.0131. The predicted octanol–water partition coefficient (Wildman–Crippen LogP) is 4.23. The van der Waals surface area contributed by atoms with Gasteiger partial charge in [-0.3, -0.25) is 4.79 Å². The van der Waals surface area contributed by atoms with E-state index in [1.165, 1.54) is 5.39 Å². The molecule has 26 heavy (non-hydrogen) atoms. The van der Waals surface area contributed by atoms with E-state index < -0.39 is 0 Å². The summed E-state index contributed by atoms with van der Waals surface area (Å²) in [5, 5.41) is 14.7. The minimum Gasteiger partial charge on any atom is -0.396 e. The third-order valence-electron chi connectivity index (χ3n) is 4.94. The van der Waals surface area contributed by atoms with Crippen molar-refractivity contribution in [3.05, 3.63) is 83.9 Å². The van der Waals surface area contributed by atoms with Gasteiger partial charge in [0.05, 0.1) is 5.92 Å². The molecule has 0 radical (unpaired) electrons. The molecule has 0 saturated carbocycles. The highest BCUT2D eigenvalue weighted by Gasteiger charge is 2.18. The Balaban J connectivity index is 1.67. The average Bonchev–Trinajstić information content (AvgIpc) is 2.70. The summed E-state index contributed by atoms with van der Waals surface area (Å²) in [6.45, 7) is 2.57. The molecule has 0 saturated heterocycles. The molecule has 3 nitrogen and oxygen atoms in total. The van der Waals surface area contributed by atoms with Crippen LogP contribution in [0.5, 0.6) is 0 Å². The van der Waals surface area contributed by atoms with E-state index in [2.05, 4.69) is 29.6 Å². The van der Waals surface area contributed by atoms with Gasteiger partial charge in [-0.1, -0.05) is 72.8 Å². The van der Waals surface area contributed by atoms with E-state index >= 15 is 0 Å². The second-order valence-corrected chi connectivity index (χ2v) is 6.69. The van der Waals surface area contributed by atoms with E-state index in [1.54, 1.807) is 0 Å². The van der Waals surface area contributed by atoms with Crippen molar-refractivity contribution in [1.29, 1.82) is 0 Å². The Hall–Kier alpha value is -2.65. The third kappa shape index (κ3) is 4.30. The van der Waals surface area contributed by atoms with Crippen molar-refractivity contribution in [2.45, 2.75) is 25.2 Å². The summed E-state index contributed by atoms with van der Waals surface area (Å²) in [5.74, 6) is -0.0849. The summed E-state index contributed by atoms with van der Waals surface area (Å²) in [6, 6.07) is 24.4. The predicted molar refractivity (Wildman–Crippen MR) is 106 cm³/mol. The third-order valence-corrected chi connectivity index (χ3v) is 4.94. The fraction of sp³-hybridized carbons (Fsp3) is 0.261. The summed E-state index contributed by atoms with van der Waals surface area (Å²) in [5.41, 5.74) is 2.15. The zero-order chi connectivity index (χ0) is 18.4. The zero-order valence-corrected chi connectivity index (χ0v) is 15.1. The first-order chi connectivity index (χ1) is 12.7. The molecule has 0 aliphatic heterocycles. The van der Waals surface area contributed by atoms with Crippen molar-refractivity contribution in [2.24, 2.45) is 0 Å². The fourth-order valence-electron chi connectivity index (χ4n) is 3.27. The van der Waals surface area contributed by atoms with Gasteiger partial charge in [0.2, 0.25) is 5.91 Å². The van der Waals surface area contributed by atoms with Crippen LogP contribution in [0.2, 0.25) is 0 Å². The molecule has 0 spiro atoms. The van der Waals surface area contributed by atoms with E-state index in [-0.39, 0.29) is 24.3 Å². The Morgan fingerprint density at radius 2 is 1.62 bits per heavy atom. The van der Waals surface area contributed by atoms with Crippen LogP contribution in [0.4, 0.5) is 0 Å². The van der Waals surface area contributed by atoms with Crippen molar-refractivity contribution >= 4 is 16.7 Å². The molecular formula is C23H25NO2. The maximum Gasteiger partial charge on any atom is 0.227 e. The lowest BCUT2D eigenvalue weighted by Gasteiger charge is -2.19. The summed E-state index contributed by atoms with van der Waals surface area (Å²) < 4.78 is 0. The van der Waals surface area contributed by atoms with Gasteiger partial charge in [0.1, 0.15) is 0 Å². The lowest BCUT2D eigenvalue weighted by atomic mass is 9.94. The van der Waals surface area contributed by atoms with Gasteiger partial charge in [-0.15, -0.1) is 0 Å². The lowest BCUT2D eigenvalue weighted by molar-refractivity contribution is -0.122. The standard InChI is InChI=1S/C23H25NO2/c1-17(20-12-11-19-9-5-6-10-21(19)15-20)23(26)24-16-22(13-14-25)18-7-3-2-4-8-18/h2-12,15,17,22,25H,13-14,16H2,1H3,(H,24,26). The van der Waals surface area contributed by atoms with Gasteiger partial charge >= 0.3 is 0 Å². The second-order valence-electron chi connectivity index (χ2n) is 6.69. The Bertz CT molecular complexity index is 860. The van der Waals surface area contributed by atoms with E-state index in [0.29, 0.717) is 13.0 Å². The molecule has 3 heteroatoms. The van der Waals surface area contributed by atoms with Gasteiger partial charge in [0, 0.05) is 19.1 Å². The molecule has 1 amide bonds. The van der Waals surface area contributed by atoms with Crippen LogP contribution in [0.25, 0.3) is 10.8 Å². The molecule has 2 unspecified atom stereocenters. The van der Waals surface area contributed by atoms with Crippen LogP contribution in [-0.4, -0.2) is 24.2 Å². The molecule has 2 N–H and O–H groups in total. The highest BCUT2D eigenvalue weighted by Crippen LogP contribution is 2.23. The molecule has 3 aromatic carbocycles. The first-order valence-electron chi connectivity index (χ1n) is 9.11. The highest BCUT2D eigenvalue weighted by atomic mass is 16.3. The van der Waals surface area contributed by atoms with Gasteiger partial charge in [0.15, 0.2) is 0 Å². The van der Waals surface area contributed by atoms with Crippen molar-refractivity contribution in [3.63, 3.8) is 0 Å². The first kappa shape index (κ1) is 18.2. The Kier molecular flexibility index (Phi) is 6.03. The number of rotatable bonds is 7. The molecule has 134 valence electrons. The highest BCUT2D eigenvalue weighted by molar-refractivity contribution is 5.87. The summed E-state index contributed by atoms with van der Waals surface area (Å²) in [7, 11) is 0. The Morgan fingerprint density at radius 3 is 2.35 bits per heavy atom. The van der Waals surface area contributed by atoms with Crippen LogP contribution >= 0.6 is 0 Å². The van der Waals surface area contributed by atoms with Crippen LogP contribution in [0, 0.1) is 0 Å². The van der Waals surface area contributed by atoms with Crippen molar-refractivity contribution < 1.29 is 9.90 Å². The molecule has 3 rings (SSSR count). The minimum atomic E-state index is -0.217. The van der Waals surface area contributed by atoms with Crippen molar-refractivity contribution in [1.82, 2.24) is 5.32 Å². The number of carbonyl (C=O) groups excluding carboxylic acids is 1. The maximum absolute atomic E-state index is 12.6. The number of aliphatic hydroxyl groups is 1. The van der Waals surface area contributed by atoms with Crippen LogP contribution in [0.15, 0.2) is 72.8 Å². The van der Waals surface area contributed by atoms with Gasteiger partial charge in [-0.25, -0.2) is 0 Å². The normalized spacial score (nSPS) is 13.3. The van der Waals surface area contributed by atoms with Crippen LogP contribution in [0.1, 0.15) is 36.3 Å². The van der Waals surface area contributed by atoms with Gasteiger partial charge in [-0.2, -0.15) is 0 Å². The summed E-state index contributed by atoms with van der Waals surface area (Å²) in [6.07, 6.45) is 0.634. The smallest absolute Gasteiger partial charge is 0.227 e. The number of hydrogen-bond donors (Lipinski definition) is 2. The molecule has 0 bridgehead atoms. The van der Waals surface area contributed by atoms with Gasteiger partial charge in [0.25, 0.3) is 0 Å². The van der Waals surface area contributed by atoms with Crippen LogP contribution in [-0.2, 0) is 4.79 Å². The number of benzene rings is 3. The van der Waals surface area contributed by atoms with E-state index in [4.69, 9.17) is 0 Å². The monoisotopic (exact) mass is 347 g/mol. The maximum atomic E-state index is 12.6. The summed E-state index contributed by atoms with van der Waals surface area (Å²) >= 11 is 0. The zero-order valence-electron chi connectivity index (χ0n) is 15.1. The van der Waals surface area contributed by atoms with Gasteiger partial charge in [-0.05, 0) is 35.2 Å². The molecule has 3 aromatic rings. The molecule has 0 aromatic heterocycles. The first-order valence-corrected chi connectivity index (χ1v) is 9.11. The lowest BCUT2D eigenvalue weighted by Crippen LogP contribution is -2.32. The van der Waals surface area contributed by atoms with E-state index in [9.17, 15) is 9.90 Å². The number of amides is 1. The average molecular weight is 347 g/mol. The number of fused-ring (bicyclic) bond motifs is 1. The molecule has 0 fully saturated rings. The largest absolute Gasteiger partial charge is 0.396 e. The van der Waals surface area contributed by atoms with Gasteiger partial charge < -0.3 is 10.4 Å². The fourth-order valence-corrected chi connectivity index (χ4v) is 3.27.